The second kappa shape index (κ2) is 9.39. The highest BCUT2D eigenvalue weighted by Gasteiger charge is 2.44. The van der Waals surface area contributed by atoms with Crippen molar-refractivity contribution in [3.05, 3.63) is 83.1 Å². The van der Waals surface area contributed by atoms with E-state index in [2.05, 4.69) is 10.6 Å². The predicted octanol–water partition coefficient (Wildman–Crippen LogP) is 2.84. The fourth-order valence-electron chi connectivity index (χ4n) is 3.65. The molecule has 2 N–H and O–H groups in total. The lowest BCUT2D eigenvalue weighted by molar-refractivity contribution is -0.127. The van der Waals surface area contributed by atoms with Gasteiger partial charge in [-0.25, -0.2) is 0 Å². The summed E-state index contributed by atoms with van der Waals surface area (Å²) in [4.78, 5) is 35.3. The molecule has 0 bridgehead atoms. The lowest BCUT2D eigenvalue weighted by Crippen LogP contribution is -2.36. The van der Waals surface area contributed by atoms with E-state index in [9.17, 15) is 14.4 Å². The second-order valence-electron chi connectivity index (χ2n) is 7.36. The topological polar surface area (TPSA) is 84.5 Å². The van der Waals surface area contributed by atoms with Crippen molar-refractivity contribution in [3.63, 3.8) is 0 Å². The number of Topliss-reactive ketones (excluding diaryl/α,β-unsaturated/α-hetero) is 1. The number of hydrogen-bond donors (Lipinski definition) is 2. The maximum absolute atomic E-state index is 12.8. The largest absolute Gasteiger partial charge is 0.482 e. The van der Waals surface area contributed by atoms with E-state index < -0.39 is 5.60 Å². The van der Waals surface area contributed by atoms with E-state index >= 15 is 0 Å². The number of ketones is 1. The summed E-state index contributed by atoms with van der Waals surface area (Å²) < 4.78 is 6.35. The Balaban J connectivity index is 1.70. The molecule has 0 fully saturated rings. The van der Waals surface area contributed by atoms with Gasteiger partial charge in [-0.05, 0) is 13.8 Å². The lowest BCUT2D eigenvalue weighted by Gasteiger charge is -2.31. The SMILES string of the molecule is CC(=O)CC(=O)NCCNC(=O)C1=C(C)OC(c2ccccc2)(c2ccccc2)C1. The molecule has 30 heavy (non-hydrogen) atoms. The molecule has 0 saturated heterocycles. The molecule has 2 aromatic carbocycles. The third kappa shape index (κ3) is 4.76. The molecule has 1 heterocycles. The molecule has 2 aromatic rings. The summed E-state index contributed by atoms with van der Waals surface area (Å²) in [6.45, 7) is 3.69. The summed E-state index contributed by atoms with van der Waals surface area (Å²) in [6, 6.07) is 19.8. The third-order valence-corrected chi connectivity index (χ3v) is 5.07. The normalized spacial score (nSPS) is 14.7. The average Bonchev–Trinajstić information content (AvgIpc) is 3.10. The summed E-state index contributed by atoms with van der Waals surface area (Å²) in [7, 11) is 0. The van der Waals surface area contributed by atoms with Crippen molar-refractivity contribution in [2.45, 2.75) is 32.3 Å². The van der Waals surface area contributed by atoms with Gasteiger partial charge in [0.1, 0.15) is 11.5 Å². The van der Waals surface area contributed by atoms with Gasteiger partial charge in [-0.1, -0.05) is 60.7 Å². The van der Waals surface area contributed by atoms with Gasteiger partial charge in [-0.2, -0.15) is 0 Å². The average molecular weight is 406 g/mol. The Kier molecular flexibility index (Phi) is 6.67. The molecule has 1 aliphatic rings. The lowest BCUT2D eigenvalue weighted by atomic mass is 9.82. The van der Waals surface area contributed by atoms with Crippen LogP contribution in [-0.2, 0) is 24.7 Å². The molecule has 0 saturated carbocycles. The van der Waals surface area contributed by atoms with Gasteiger partial charge in [-0.3, -0.25) is 14.4 Å². The van der Waals surface area contributed by atoms with Crippen molar-refractivity contribution in [2.75, 3.05) is 13.1 Å². The number of amides is 2. The van der Waals surface area contributed by atoms with Gasteiger partial charge in [-0.15, -0.1) is 0 Å². The zero-order valence-corrected chi connectivity index (χ0v) is 17.2. The van der Waals surface area contributed by atoms with Gasteiger partial charge in [0.2, 0.25) is 5.91 Å². The number of carbonyl (C=O) groups excluding carboxylic acids is 3. The first kappa shape index (κ1) is 21.3. The molecule has 156 valence electrons. The fraction of sp³-hybridized carbons (Fsp3) is 0.292. The third-order valence-electron chi connectivity index (χ3n) is 5.07. The smallest absolute Gasteiger partial charge is 0.250 e. The van der Waals surface area contributed by atoms with Crippen LogP contribution in [0.25, 0.3) is 0 Å². The predicted molar refractivity (Wildman–Crippen MR) is 113 cm³/mol. The zero-order valence-electron chi connectivity index (χ0n) is 17.2. The highest BCUT2D eigenvalue weighted by molar-refractivity contribution is 5.97. The van der Waals surface area contributed by atoms with Gasteiger partial charge < -0.3 is 15.4 Å². The summed E-state index contributed by atoms with van der Waals surface area (Å²) in [5.74, 6) is -0.176. The van der Waals surface area contributed by atoms with Gasteiger partial charge >= 0.3 is 0 Å². The number of carbonyl (C=O) groups is 3. The van der Waals surface area contributed by atoms with Crippen molar-refractivity contribution in [1.29, 1.82) is 0 Å². The standard InChI is InChI=1S/C24H26N2O4/c1-17(27)15-22(28)25-13-14-26-23(29)21-16-24(30-18(21)2,19-9-5-3-6-10-19)20-11-7-4-8-12-20/h3-12H,13-16H2,1-2H3,(H,25,28)(H,26,29). The van der Waals surface area contributed by atoms with Gasteiger partial charge in [0, 0.05) is 30.6 Å². The Labute approximate surface area is 176 Å². The zero-order chi connectivity index (χ0) is 21.6. The number of allylic oxidation sites excluding steroid dienone is 1. The van der Waals surface area contributed by atoms with Crippen LogP contribution in [0.2, 0.25) is 0 Å². The summed E-state index contributed by atoms with van der Waals surface area (Å²) in [6.07, 6.45) is 0.262. The van der Waals surface area contributed by atoms with Gasteiger partial charge in [0.15, 0.2) is 5.60 Å². The molecule has 0 radical (unpaired) electrons. The summed E-state index contributed by atoms with van der Waals surface area (Å²) in [5.41, 5.74) is 1.79. The highest BCUT2D eigenvalue weighted by Crippen LogP contribution is 2.46. The Bertz CT molecular complexity index is 912. The first-order chi connectivity index (χ1) is 14.4. The van der Waals surface area contributed by atoms with Gasteiger partial charge in [0.25, 0.3) is 5.91 Å². The first-order valence-corrected chi connectivity index (χ1v) is 9.96. The van der Waals surface area contributed by atoms with Crippen molar-refractivity contribution in [2.24, 2.45) is 0 Å². The molecule has 0 spiro atoms. The van der Waals surface area contributed by atoms with Crippen molar-refractivity contribution in [3.8, 4) is 0 Å². The van der Waals surface area contributed by atoms with Crippen molar-refractivity contribution >= 4 is 17.6 Å². The van der Waals surface area contributed by atoms with Crippen molar-refractivity contribution < 1.29 is 19.1 Å². The van der Waals surface area contributed by atoms with E-state index in [0.717, 1.165) is 11.1 Å². The van der Waals surface area contributed by atoms with Crippen LogP contribution in [-0.4, -0.2) is 30.7 Å². The monoisotopic (exact) mass is 406 g/mol. The molecule has 0 unspecified atom stereocenters. The minimum atomic E-state index is -0.755. The van der Waals surface area contributed by atoms with Crippen LogP contribution in [0.15, 0.2) is 72.0 Å². The van der Waals surface area contributed by atoms with Crippen LogP contribution in [0.3, 0.4) is 0 Å². The van der Waals surface area contributed by atoms with E-state index in [1.165, 1.54) is 6.92 Å². The molecular formula is C24H26N2O4. The quantitative estimate of drug-likeness (QED) is 0.522. The summed E-state index contributed by atoms with van der Waals surface area (Å²) >= 11 is 0. The molecular weight excluding hydrogens is 380 g/mol. The molecule has 2 amide bonds. The Hall–Kier alpha value is -3.41. The van der Waals surface area contributed by atoms with E-state index in [4.69, 9.17) is 4.74 Å². The number of nitrogens with one attached hydrogen (secondary N) is 2. The molecule has 0 atom stereocenters. The van der Waals surface area contributed by atoms with Crippen LogP contribution in [0.5, 0.6) is 0 Å². The minimum Gasteiger partial charge on any atom is -0.482 e. The summed E-state index contributed by atoms with van der Waals surface area (Å²) in [5, 5.41) is 5.45. The molecule has 0 aliphatic carbocycles. The number of rotatable bonds is 8. The van der Waals surface area contributed by atoms with Crippen LogP contribution in [0.1, 0.15) is 37.8 Å². The Morgan fingerprint density at radius 2 is 1.43 bits per heavy atom. The number of benzene rings is 2. The highest BCUT2D eigenvalue weighted by atomic mass is 16.5. The number of hydrogen-bond acceptors (Lipinski definition) is 4. The van der Waals surface area contributed by atoms with E-state index in [1.807, 2.05) is 60.7 Å². The maximum atomic E-state index is 12.8. The first-order valence-electron chi connectivity index (χ1n) is 9.96. The molecule has 6 nitrogen and oxygen atoms in total. The van der Waals surface area contributed by atoms with Crippen LogP contribution < -0.4 is 10.6 Å². The maximum Gasteiger partial charge on any atom is 0.250 e. The van der Waals surface area contributed by atoms with Crippen LogP contribution in [0, 0.1) is 0 Å². The Morgan fingerprint density at radius 3 is 1.97 bits per heavy atom. The van der Waals surface area contributed by atoms with Gasteiger partial charge in [0.05, 0.1) is 12.0 Å². The van der Waals surface area contributed by atoms with E-state index in [0.29, 0.717) is 17.8 Å². The number of ether oxygens (including phenoxy) is 1. The molecule has 3 rings (SSSR count). The fourth-order valence-corrected chi connectivity index (χ4v) is 3.65. The Morgan fingerprint density at radius 1 is 0.900 bits per heavy atom. The van der Waals surface area contributed by atoms with Crippen LogP contribution in [0.4, 0.5) is 0 Å². The molecule has 6 heteroatoms. The van der Waals surface area contributed by atoms with E-state index in [-0.39, 0.29) is 37.1 Å². The van der Waals surface area contributed by atoms with E-state index in [1.54, 1.807) is 6.92 Å². The second-order valence-corrected chi connectivity index (χ2v) is 7.36. The molecule has 1 aliphatic heterocycles. The van der Waals surface area contributed by atoms with Crippen LogP contribution >= 0.6 is 0 Å². The minimum absolute atomic E-state index is 0.150. The molecule has 0 aromatic heterocycles. The van der Waals surface area contributed by atoms with Crippen molar-refractivity contribution in [1.82, 2.24) is 10.6 Å².